The third-order valence-corrected chi connectivity index (χ3v) is 2.43. The van der Waals surface area contributed by atoms with Crippen LogP contribution >= 0.6 is 11.9 Å². The Morgan fingerprint density at radius 2 is 2.33 bits per heavy atom. The molecule has 0 aliphatic carbocycles. The summed E-state index contributed by atoms with van der Waals surface area (Å²) in [4.78, 5) is 0. The van der Waals surface area contributed by atoms with Crippen molar-refractivity contribution in [1.29, 1.82) is 0 Å². The van der Waals surface area contributed by atoms with Crippen molar-refractivity contribution in [2.75, 3.05) is 18.8 Å². The van der Waals surface area contributed by atoms with Gasteiger partial charge in [0.05, 0.1) is 0 Å². The van der Waals surface area contributed by atoms with E-state index in [2.05, 4.69) is 10.9 Å². The van der Waals surface area contributed by atoms with E-state index in [4.69, 9.17) is 0 Å². The van der Waals surface area contributed by atoms with Gasteiger partial charge in [-0.1, -0.05) is 18.0 Å². The fourth-order valence-electron chi connectivity index (χ4n) is 0.591. The van der Waals surface area contributed by atoms with Gasteiger partial charge in [0.25, 0.3) is 0 Å². The molecular formula is C7H13NS. The molecule has 0 aromatic rings. The Balaban J connectivity index is 1.75. The Morgan fingerprint density at radius 1 is 1.56 bits per heavy atom. The van der Waals surface area contributed by atoms with Gasteiger partial charge in [-0.2, -0.15) is 0 Å². The zero-order chi connectivity index (χ0) is 6.53. The lowest BCUT2D eigenvalue weighted by molar-refractivity contribution is 0.916. The second-order valence-electron chi connectivity index (χ2n) is 2.19. The maximum Gasteiger partial charge on any atom is 0.0227 e. The molecule has 0 atom stereocenters. The van der Waals surface area contributed by atoms with Gasteiger partial charge in [0, 0.05) is 18.8 Å². The molecule has 0 unspecified atom stereocenters. The molecule has 2 heteroatoms. The van der Waals surface area contributed by atoms with Crippen LogP contribution < -0.4 is 0 Å². The SMILES string of the molecule is C=CCCCSN1CC1. The van der Waals surface area contributed by atoms with Crippen molar-refractivity contribution in [3.05, 3.63) is 12.7 Å². The van der Waals surface area contributed by atoms with Crippen LogP contribution in [0.5, 0.6) is 0 Å². The topological polar surface area (TPSA) is 3.01 Å². The van der Waals surface area contributed by atoms with E-state index in [0.717, 1.165) is 0 Å². The molecular weight excluding hydrogens is 130 g/mol. The van der Waals surface area contributed by atoms with Crippen LogP contribution in [0, 0.1) is 0 Å². The fraction of sp³-hybridized carbons (Fsp3) is 0.714. The van der Waals surface area contributed by atoms with Crippen molar-refractivity contribution < 1.29 is 0 Å². The van der Waals surface area contributed by atoms with Crippen LogP contribution in [0.2, 0.25) is 0 Å². The van der Waals surface area contributed by atoms with Gasteiger partial charge in [-0.3, -0.25) is 0 Å². The lowest BCUT2D eigenvalue weighted by atomic mass is 10.3. The molecule has 52 valence electrons. The van der Waals surface area contributed by atoms with Crippen molar-refractivity contribution in [2.24, 2.45) is 0 Å². The van der Waals surface area contributed by atoms with E-state index in [0.29, 0.717) is 0 Å². The molecule has 1 nitrogen and oxygen atoms in total. The third-order valence-electron chi connectivity index (χ3n) is 1.23. The number of allylic oxidation sites excluding steroid dienone is 1. The summed E-state index contributed by atoms with van der Waals surface area (Å²) in [6, 6.07) is 0. The van der Waals surface area contributed by atoms with Gasteiger partial charge < -0.3 is 0 Å². The zero-order valence-electron chi connectivity index (χ0n) is 5.68. The zero-order valence-corrected chi connectivity index (χ0v) is 6.49. The second kappa shape index (κ2) is 3.96. The molecule has 0 saturated carbocycles. The lowest BCUT2D eigenvalue weighted by Crippen LogP contribution is -1.84. The Hall–Kier alpha value is 0.0500. The van der Waals surface area contributed by atoms with E-state index < -0.39 is 0 Å². The minimum absolute atomic E-state index is 1.17. The first-order chi connectivity index (χ1) is 4.43. The summed E-state index contributed by atoms with van der Waals surface area (Å²) in [5, 5.41) is 0. The summed E-state index contributed by atoms with van der Waals surface area (Å²) in [6.07, 6.45) is 4.44. The average Bonchev–Trinajstić information content (AvgIpc) is 2.63. The highest BCUT2D eigenvalue weighted by Gasteiger charge is 2.16. The molecule has 0 aromatic carbocycles. The van der Waals surface area contributed by atoms with Gasteiger partial charge in [0.1, 0.15) is 0 Å². The summed E-state index contributed by atoms with van der Waals surface area (Å²) in [5.41, 5.74) is 0. The van der Waals surface area contributed by atoms with Crippen LogP contribution in [0.4, 0.5) is 0 Å². The van der Waals surface area contributed by atoms with Crippen LogP contribution in [-0.2, 0) is 0 Å². The lowest BCUT2D eigenvalue weighted by Gasteiger charge is -1.96. The predicted molar refractivity (Wildman–Crippen MR) is 43.5 cm³/mol. The summed E-state index contributed by atoms with van der Waals surface area (Å²) >= 11 is 1.97. The molecule has 1 aliphatic rings. The molecule has 1 heterocycles. The molecule has 1 saturated heterocycles. The molecule has 0 aromatic heterocycles. The summed E-state index contributed by atoms with van der Waals surface area (Å²) in [7, 11) is 0. The number of hydrogen-bond donors (Lipinski definition) is 0. The highest BCUT2D eigenvalue weighted by atomic mass is 32.2. The monoisotopic (exact) mass is 143 g/mol. The van der Waals surface area contributed by atoms with E-state index in [1.54, 1.807) is 0 Å². The van der Waals surface area contributed by atoms with Crippen LogP contribution in [0.3, 0.4) is 0 Å². The van der Waals surface area contributed by atoms with E-state index in [9.17, 15) is 0 Å². The summed E-state index contributed by atoms with van der Waals surface area (Å²) in [6.45, 7) is 6.28. The molecule has 0 amide bonds. The molecule has 1 rings (SSSR count). The van der Waals surface area contributed by atoms with Crippen LogP contribution in [-0.4, -0.2) is 23.1 Å². The Bertz CT molecular complexity index is 88.9. The number of rotatable bonds is 5. The molecule has 0 radical (unpaired) electrons. The van der Waals surface area contributed by atoms with Crippen molar-refractivity contribution >= 4 is 11.9 Å². The molecule has 9 heavy (non-hydrogen) atoms. The van der Waals surface area contributed by atoms with Crippen LogP contribution in [0.15, 0.2) is 12.7 Å². The van der Waals surface area contributed by atoms with E-state index in [-0.39, 0.29) is 0 Å². The van der Waals surface area contributed by atoms with Crippen molar-refractivity contribution in [2.45, 2.75) is 12.8 Å². The van der Waals surface area contributed by atoms with E-state index >= 15 is 0 Å². The first-order valence-electron chi connectivity index (χ1n) is 3.42. The van der Waals surface area contributed by atoms with Gasteiger partial charge in [-0.05, 0) is 12.8 Å². The maximum absolute atomic E-state index is 3.67. The van der Waals surface area contributed by atoms with E-state index in [1.165, 1.54) is 31.7 Å². The van der Waals surface area contributed by atoms with Gasteiger partial charge >= 0.3 is 0 Å². The highest BCUT2D eigenvalue weighted by Crippen LogP contribution is 2.19. The smallest absolute Gasteiger partial charge is 0.0227 e. The largest absolute Gasteiger partial charge is 0.248 e. The first kappa shape index (κ1) is 7.16. The number of unbranched alkanes of at least 4 members (excludes halogenated alkanes) is 1. The third kappa shape index (κ3) is 3.60. The summed E-state index contributed by atoms with van der Waals surface area (Å²) < 4.78 is 2.38. The molecule has 1 aliphatic heterocycles. The Morgan fingerprint density at radius 3 is 2.89 bits per heavy atom. The summed E-state index contributed by atoms with van der Waals surface area (Å²) in [5.74, 6) is 1.27. The molecule has 0 spiro atoms. The first-order valence-corrected chi connectivity index (χ1v) is 4.36. The van der Waals surface area contributed by atoms with Gasteiger partial charge in [-0.15, -0.1) is 6.58 Å². The Kier molecular flexibility index (Phi) is 3.15. The fourth-order valence-corrected chi connectivity index (χ4v) is 1.49. The molecule has 0 N–H and O–H groups in total. The number of hydrogen-bond acceptors (Lipinski definition) is 2. The molecule has 1 fully saturated rings. The van der Waals surface area contributed by atoms with Crippen molar-refractivity contribution in [3.63, 3.8) is 0 Å². The number of nitrogens with zero attached hydrogens (tertiary/aromatic N) is 1. The van der Waals surface area contributed by atoms with E-state index in [1.807, 2.05) is 18.0 Å². The molecule has 0 bridgehead atoms. The minimum atomic E-state index is 1.17. The van der Waals surface area contributed by atoms with Crippen LogP contribution in [0.25, 0.3) is 0 Å². The quantitative estimate of drug-likeness (QED) is 0.250. The van der Waals surface area contributed by atoms with Gasteiger partial charge in [-0.25, -0.2) is 4.31 Å². The predicted octanol–water partition coefficient (Wildman–Crippen LogP) is 1.92. The van der Waals surface area contributed by atoms with Gasteiger partial charge in [0.15, 0.2) is 0 Å². The van der Waals surface area contributed by atoms with Crippen molar-refractivity contribution in [3.8, 4) is 0 Å². The van der Waals surface area contributed by atoms with Gasteiger partial charge in [0.2, 0.25) is 0 Å². The second-order valence-corrected chi connectivity index (χ2v) is 3.38. The minimum Gasteiger partial charge on any atom is -0.248 e. The Labute approximate surface area is 61.3 Å². The maximum atomic E-state index is 3.67. The normalized spacial score (nSPS) is 17.8. The van der Waals surface area contributed by atoms with Crippen LogP contribution in [0.1, 0.15) is 12.8 Å². The van der Waals surface area contributed by atoms with Crippen molar-refractivity contribution in [1.82, 2.24) is 4.31 Å². The highest BCUT2D eigenvalue weighted by molar-refractivity contribution is 7.97. The average molecular weight is 143 g/mol. The standard InChI is InChI=1S/C7H13NS/c1-2-3-4-7-9-8-5-6-8/h2H,1,3-7H2.